The number of aliphatic carboxylic acids is 1. The summed E-state index contributed by atoms with van der Waals surface area (Å²) < 4.78 is 0. The minimum Gasteiger partial charge on any atom is -0.504 e. The van der Waals surface area contributed by atoms with Gasteiger partial charge < -0.3 is 26.4 Å². The molecule has 0 saturated heterocycles. The van der Waals surface area contributed by atoms with Gasteiger partial charge in [0.15, 0.2) is 16.6 Å². The van der Waals surface area contributed by atoms with E-state index in [9.17, 15) is 9.90 Å². The summed E-state index contributed by atoms with van der Waals surface area (Å²) in [6.45, 7) is 0. The predicted molar refractivity (Wildman–Crippen MR) is 64.8 cm³/mol. The highest BCUT2D eigenvalue weighted by Gasteiger charge is 2.18. The van der Waals surface area contributed by atoms with Crippen LogP contribution >= 0.6 is 12.2 Å². The summed E-state index contributed by atoms with van der Waals surface area (Å²) in [5.74, 6) is -1.67. The van der Waals surface area contributed by atoms with Gasteiger partial charge in [0.1, 0.15) is 6.04 Å². The van der Waals surface area contributed by atoms with Crippen LogP contribution in [-0.4, -0.2) is 32.4 Å². The molecule has 1 unspecified atom stereocenters. The Morgan fingerprint density at radius 1 is 1.41 bits per heavy atom. The Hall–Kier alpha value is -2.02. The van der Waals surface area contributed by atoms with E-state index in [2.05, 4.69) is 17.5 Å². The van der Waals surface area contributed by atoms with Crippen molar-refractivity contribution in [3.63, 3.8) is 0 Å². The number of phenolic OH excluding ortho intramolecular Hbond substituents is 2. The van der Waals surface area contributed by atoms with Crippen LogP contribution in [0.5, 0.6) is 11.5 Å². The Balaban J connectivity index is 2.82. The quantitative estimate of drug-likeness (QED) is 0.378. The molecule has 1 aromatic carbocycles. The first-order chi connectivity index (χ1) is 7.90. The van der Waals surface area contributed by atoms with Crippen LogP contribution < -0.4 is 11.1 Å². The number of hydrogen-bond acceptors (Lipinski definition) is 4. The van der Waals surface area contributed by atoms with E-state index in [1.165, 1.54) is 18.2 Å². The molecule has 0 amide bonds. The van der Waals surface area contributed by atoms with Crippen molar-refractivity contribution in [3.05, 3.63) is 23.8 Å². The lowest BCUT2D eigenvalue weighted by Gasteiger charge is -2.14. The molecule has 0 radical (unpaired) electrons. The first kappa shape index (κ1) is 13.0. The highest BCUT2D eigenvalue weighted by atomic mass is 32.1. The third-order valence-corrected chi connectivity index (χ3v) is 2.21. The molecule has 0 heterocycles. The van der Waals surface area contributed by atoms with Gasteiger partial charge in [-0.2, -0.15) is 0 Å². The molecule has 0 saturated carbocycles. The van der Waals surface area contributed by atoms with Gasteiger partial charge >= 0.3 is 5.97 Å². The first-order valence-corrected chi connectivity index (χ1v) is 5.10. The minimum absolute atomic E-state index is 0.0838. The number of carboxylic acid groups (broad SMARTS) is 1. The zero-order chi connectivity index (χ0) is 13.0. The van der Waals surface area contributed by atoms with E-state index in [1.807, 2.05) is 0 Å². The summed E-state index contributed by atoms with van der Waals surface area (Å²) >= 11 is 4.57. The first-order valence-electron chi connectivity index (χ1n) is 4.69. The van der Waals surface area contributed by atoms with Crippen LogP contribution in [0.15, 0.2) is 18.2 Å². The molecule has 1 aromatic rings. The second kappa shape index (κ2) is 5.35. The summed E-state index contributed by atoms with van der Waals surface area (Å²) in [5.41, 5.74) is 5.74. The van der Waals surface area contributed by atoms with Crippen molar-refractivity contribution in [1.82, 2.24) is 5.32 Å². The highest BCUT2D eigenvalue weighted by Crippen LogP contribution is 2.25. The summed E-state index contributed by atoms with van der Waals surface area (Å²) in [6.07, 6.45) is 0.0838. The summed E-state index contributed by atoms with van der Waals surface area (Å²) in [7, 11) is 0. The smallest absolute Gasteiger partial charge is 0.326 e. The average Bonchev–Trinajstić information content (AvgIpc) is 2.21. The lowest BCUT2D eigenvalue weighted by molar-refractivity contribution is -0.139. The van der Waals surface area contributed by atoms with E-state index >= 15 is 0 Å². The molecule has 0 aliphatic rings. The number of carbonyl (C=O) groups is 1. The Bertz CT molecular complexity index is 450. The van der Waals surface area contributed by atoms with Crippen molar-refractivity contribution in [2.75, 3.05) is 0 Å². The van der Waals surface area contributed by atoms with Crippen molar-refractivity contribution < 1.29 is 20.1 Å². The topological polar surface area (TPSA) is 116 Å². The van der Waals surface area contributed by atoms with Crippen molar-refractivity contribution in [1.29, 1.82) is 0 Å². The van der Waals surface area contributed by atoms with E-state index in [-0.39, 0.29) is 23.0 Å². The lowest BCUT2D eigenvalue weighted by Crippen LogP contribution is -2.44. The van der Waals surface area contributed by atoms with Crippen molar-refractivity contribution in [2.45, 2.75) is 12.5 Å². The maximum atomic E-state index is 10.9. The molecule has 92 valence electrons. The van der Waals surface area contributed by atoms with Crippen LogP contribution in [0.2, 0.25) is 0 Å². The van der Waals surface area contributed by atoms with Gasteiger partial charge in [-0.3, -0.25) is 0 Å². The second-order valence-corrected chi connectivity index (χ2v) is 3.87. The number of nitrogens with two attached hydrogens (primary N) is 1. The van der Waals surface area contributed by atoms with E-state index in [1.54, 1.807) is 0 Å². The Morgan fingerprint density at radius 3 is 2.53 bits per heavy atom. The monoisotopic (exact) mass is 256 g/mol. The van der Waals surface area contributed by atoms with Crippen LogP contribution in [-0.2, 0) is 11.2 Å². The molecule has 0 aliphatic heterocycles. The maximum Gasteiger partial charge on any atom is 0.326 e. The Kier molecular flexibility index (Phi) is 4.11. The molecule has 6 nitrogen and oxygen atoms in total. The van der Waals surface area contributed by atoms with Gasteiger partial charge in [0, 0.05) is 6.42 Å². The standard InChI is InChI=1S/C10H12N2O4S/c11-10(17)12-6(9(15)16)3-5-1-2-7(13)8(14)4-5/h1-2,4,6,13-14H,3H2,(H,15,16)(H3,11,12,17). The molecular weight excluding hydrogens is 244 g/mol. The third kappa shape index (κ3) is 3.80. The lowest BCUT2D eigenvalue weighted by atomic mass is 10.1. The van der Waals surface area contributed by atoms with Gasteiger partial charge in [-0.15, -0.1) is 0 Å². The number of carboxylic acids is 1. The molecule has 7 heteroatoms. The number of rotatable bonds is 4. The molecular formula is C10H12N2O4S. The van der Waals surface area contributed by atoms with E-state index in [0.29, 0.717) is 5.56 Å². The number of nitrogens with one attached hydrogen (secondary N) is 1. The van der Waals surface area contributed by atoms with Gasteiger partial charge in [-0.1, -0.05) is 6.07 Å². The SMILES string of the molecule is NC(=S)NC(Cc1ccc(O)c(O)c1)C(=O)O. The van der Waals surface area contributed by atoms with E-state index in [4.69, 9.17) is 15.9 Å². The normalized spacial score (nSPS) is 11.8. The summed E-state index contributed by atoms with van der Waals surface area (Å²) in [4.78, 5) is 10.9. The molecule has 0 spiro atoms. The van der Waals surface area contributed by atoms with Crippen LogP contribution in [0.4, 0.5) is 0 Å². The van der Waals surface area contributed by atoms with Crippen LogP contribution in [0.25, 0.3) is 0 Å². The van der Waals surface area contributed by atoms with Crippen LogP contribution in [0.3, 0.4) is 0 Å². The summed E-state index contributed by atoms with van der Waals surface area (Å²) in [5, 5.41) is 29.6. The number of thiocarbonyl (C=S) groups is 1. The molecule has 0 fully saturated rings. The largest absolute Gasteiger partial charge is 0.504 e. The zero-order valence-electron chi connectivity index (χ0n) is 8.75. The van der Waals surface area contributed by atoms with Gasteiger partial charge in [0.25, 0.3) is 0 Å². The number of benzene rings is 1. The van der Waals surface area contributed by atoms with E-state index < -0.39 is 12.0 Å². The number of phenols is 2. The van der Waals surface area contributed by atoms with Crippen molar-refractivity contribution >= 4 is 23.3 Å². The van der Waals surface area contributed by atoms with Crippen LogP contribution in [0.1, 0.15) is 5.56 Å². The molecule has 6 N–H and O–H groups in total. The van der Waals surface area contributed by atoms with Crippen molar-refractivity contribution in [3.8, 4) is 11.5 Å². The predicted octanol–water partition coefficient (Wildman–Crippen LogP) is -0.0733. The van der Waals surface area contributed by atoms with Gasteiger partial charge in [0.05, 0.1) is 0 Å². The Morgan fingerprint density at radius 2 is 2.06 bits per heavy atom. The van der Waals surface area contributed by atoms with Crippen molar-refractivity contribution in [2.24, 2.45) is 5.73 Å². The fourth-order valence-electron chi connectivity index (χ4n) is 1.30. The van der Waals surface area contributed by atoms with Crippen LogP contribution in [0, 0.1) is 0 Å². The molecule has 17 heavy (non-hydrogen) atoms. The molecule has 0 aromatic heterocycles. The van der Waals surface area contributed by atoms with Gasteiger partial charge in [-0.05, 0) is 29.9 Å². The minimum atomic E-state index is -1.11. The molecule has 1 rings (SSSR count). The molecule has 0 bridgehead atoms. The fourth-order valence-corrected chi connectivity index (χ4v) is 1.45. The second-order valence-electron chi connectivity index (χ2n) is 3.43. The Labute approximate surface area is 103 Å². The number of hydrogen-bond donors (Lipinski definition) is 5. The fraction of sp³-hybridized carbons (Fsp3) is 0.200. The average molecular weight is 256 g/mol. The van der Waals surface area contributed by atoms with Gasteiger partial charge in [0.2, 0.25) is 0 Å². The zero-order valence-corrected chi connectivity index (χ0v) is 9.57. The molecule has 0 aliphatic carbocycles. The third-order valence-electron chi connectivity index (χ3n) is 2.09. The van der Waals surface area contributed by atoms with E-state index in [0.717, 1.165) is 0 Å². The maximum absolute atomic E-state index is 10.9. The number of aromatic hydroxyl groups is 2. The molecule has 1 atom stereocenters. The highest BCUT2D eigenvalue weighted by molar-refractivity contribution is 7.80. The van der Waals surface area contributed by atoms with Gasteiger partial charge in [-0.25, -0.2) is 4.79 Å². The summed E-state index contributed by atoms with van der Waals surface area (Å²) in [6, 6.07) is 3.10.